The number of nitrogens with zero attached hydrogens (tertiary/aromatic N) is 2. The molecule has 0 aliphatic carbocycles. The summed E-state index contributed by atoms with van der Waals surface area (Å²) in [7, 11) is 1.60. The molecule has 1 aromatic heterocycles. The Morgan fingerprint density at radius 3 is 3.00 bits per heavy atom. The Bertz CT molecular complexity index is 332. The zero-order valence-corrected chi connectivity index (χ0v) is 10.3. The molecular formula is C10H16ClN3O2. The zero-order chi connectivity index (χ0) is 12.0. The number of aryl methyl sites for hydroxylation is 2. The Morgan fingerprint density at radius 1 is 1.69 bits per heavy atom. The van der Waals surface area contributed by atoms with Crippen LogP contribution in [0.25, 0.3) is 0 Å². The van der Waals surface area contributed by atoms with Crippen LogP contribution in [0, 0.1) is 6.92 Å². The topological polar surface area (TPSA) is 56.1 Å². The van der Waals surface area contributed by atoms with Crippen molar-refractivity contribution in [3.63, 3.8) is 0 Å². The van der Waals surface area contributed by atoms with Crippen molar-refractivity contribution in [2.45, 2.75) is 19.9 Å². The fourth-order valence-corrected chi connectivity index (χ4v) is 1.36. The standard InChI is InChI=1S/C10H16ClN3O2/c1-8-9(11)7-14(13-8)5-3-10(15)12-4-6-16-2/h7H,3-6H2,1-2H3,(H,12,15). The maximum atomic E-state index is 11.3. The van der Waals surface area contributed by atoms with E-state index in [9.17, 15) is 4.79 Å². The van der Waals surface area contributed by atoms with E-state index in [0.29, 0.717) is 31.1 Å². The van der Waals surface area contributed by atoms with E-state index in [2.05, 4.69) is 10.4 Å². The minimum absolute atomic E-state index is 0.0127. The van der Waals surface area contributed by atoms with Crippen molar-refractivity contribution in [3.05, 3.63) is 16.9 Å². The van der Waals surface area contributed by atoms with Gasteiger partial charge in [-0.25, -0.2) is 0 Å². The summed E-state index contributed by atoms with van der Waals surface area (Å²) >= 11 is 5.85. The van der Waals surface area contributed by atoms with E-state index in [1.165, 1.54) is 0 Å². The first-order valence-corrected chi connectivity index (χ1v) is 5.46. The summed E-state index contributed by atoms with van der Waals surface area (Å²) in [6.07, 6.45) is 2.11. The van der Waals surface area contributed by atoms with E-state index in [0.717, 1.165) is 5.69 Å². The van der Waals surface area contributed by atoms with Crippen molar-refractivity contribution < 1.29 is 9.53 Å². The summed E-state index contributed by atoms with van der Waals surface area (Å²) in [6, 6.07) is 0. The van der Waals surface area contributed by atoms with Gasteiger partial charge in [-0.05, 0) is 6.92 Å². The van der Waals surface area contributed by atoms with E-state index in [-0.39, 0.29) is 5.91 Å². The van der Waals surface area contributed by atoms with E-state index in [1.807, 2.05) is 6.92 Å². The van der Waals surface area contributed by atoms with E-state index in [1.54, 1.807) is 18.0 Å². The largest absolute Gasteiger partial charge is 0.383 e. The molecule has 0 aliphatic rings. The second-order valence-electron chi connectivity index (χ2n) is 3.42. The van der Waals surface area contributed by atoms with Crippen molar-refractivity contribution >= 4 is 17.5 Å². The molecule has 0 radical (unpaired) electrons. The molecule has 5 nitrogen and oxygen atoms in total. The molecule has 1 heterocycles. The number of carbonyl (C=O) groups excluding carboxylic acids is 1. The highest BCUT2D eigenvalue weighted by Gasteiger charge is 2.04. The van der Waals surface area contributed by atoms with Crippen LogP contribution in [0.4, 0.5) is 0 Å². The number of halogens is 1. The Kier molecular flexibility index (Phi) is 5.28. The van der Waals surface area contributed by atoms with Crippen LogP contribution in [-0.4, -0.2) is 35.9 Å². The van der Waals surface area contributed by atoms with Crippen LogP contribution in [0.1, 0.15) is 12.1 Å². The van der Waals surface area contributed by atoms with E-state index in [4.69, 9.17) is 16.3 Å². The quantitative estimate of drug-likeness (QED) is 0.761. The molecule has 0 aliphatic heterocycles. The summed E-state index contributed by atoms with van der Waals surface area (Å²) < 4.78 is 6.50. The fraction of sp³-hybridized carbons (Fsp3) is 0.600. The van der Waals surface area contributed by atoms with Gasteiger partial charge in [0.1, 0.15) is 0 Å². The van der Waals surface area contributed by atoms with Crippen molar-refractivity contribution in [2.75, 3.05) is 20.3 Å². The predicted molar refractivity (Wildman–Crippen MR) is 61.5 cm³/mol. The molecule has 1 aromatic rings. The molecular weight excluding hydrogens is 230 g/mol. The van der Waals surface area contributed by atoms with Crippen LogP contribution in [0.3, 0.4) is 0 Å². The lowest BCUT2D eigenvalue weighted by Crippen LogP contribution is -2.27. The Balaban J connectivity index is 2.26. The first-order valence-electron chi connectivity index (χ1n) is 5.08. The smallest absolute Gasteiger partial charge is 0.221 e. The predicted octanol–water partition coefficient (Wildman–Crippen LogP) is 0.998. The van der Waals surface area contributed by atoms with E-state index >= 15 is 0 Å². The molecule has 1 N–H and O–H groups in total. The number of aromatic nitrogens is 2. The summed E-state index contributed by atoms with van der Waals surface area (Å²) in [6.45, 7) is 3.43. The number of carbonyl (C=O) groups is 1. The first kappa shape index (κ1) is 13.0. The maximum Gasteiger partial charge on any atom is 0.221 e. The van der Waals surface area contributed by atoms with Crippen LogP contribution >= 0.6 is 11.6 Å². The van der Waals surface area contributed by atoms with Gasteiger partial charge in [0, 0.05) is 32.8 Å². The van der Waals surface area contributed by atoms with Crippen LogP contribution in [0.15, 0.2) is 6.20 Å². The SMILES string of the molecule is COCCNC(=O)CCn1cc(Cl)c(C)n1. The van der Waals surface area contributed by atoms with Gasteiger partial charge >= 0.3 is 0 Å². The van der Waals surface area contributed by atoms with Crippen molar-refractivity contribution in [3.8, 4) is 0 Å². The fourth-order valence-electron chi connectivity index (χ4n) is 1.21. The van der Waals surface area contributed by atoms with Gasteiger partial charge in [0.05, 0.1) is 17.3 Å². The molecule has 0 spiro atoms. The average Bonchev–Trinajstić information content (AvgIpc) is 2.56. The van der Waals surface area contributed by atoms with E-state index < -0.39 is 0 Å². The van der Waals surface area contributed by atoms with Crippen LogP contribution in [0.5, 0.6) is 0 Å². The van der Waals surface area contributed by atoms with Crippen LogP contribution in [0.2, 0.25) is 5.02 Å². The van der Waals surface area contributed by atoms with Gasteiger partial charge in [0.25, 0.3) is 0 Å². The Labute approximate surface area is 99.7 Å². The van der Waals surface area contributed by atoms with Gasteiger partial charge in [-0.1, -0.05) is 11.6 Å². The Hall–Kier alpha value is -1.07. The number of nitrogens with one attached hydrogen (secondary N) is 1. The molecule has 0 atom stereocenters. The minimum Gasteiger partial charge on any atom is -0.383 e. The summed E-state index contributed by atoms with van der Waals surface area (Å²) in [5, 5.41) is 7.52. The molecule has 90 valence electrons. The molecule has 0 fully saturated rings. The third-order valence-electron chi connectivity index (χ3n) is 2.08. The Morgan fingerprint density at radius 2 is 2.44 bits per heavy atom. The number of amides is 1. The second kappa shape index (κ2) is 6.50. The number of hydrogen-bond donors (Lipinski definition) is 1. The highest BCUT2D eigenvalue weighted by molar-refractivity contribution is 6.31. The number of ether oxygens (including phenoxy) is 1. The highest BCUT2D eigenvalue weighted by Crippen LogP contribution is 2.11. The summed E-state index contributed by atoms with van der Waals surface area (Å²) in [4.78, 5) is 11.3. The summed E-state index contributed by atoms with van der Waals surface area (Å²) in [5.41, 5.74) is 0.779. The lowest BCUT2D eigenvalue weighted by atomic mass is 10.4. The molecule has 0 saturated heterocycles. The number of methoxy groups -OCH3 is 1. The van der Waals surface area contributed by atoms with Gasteiger partial charge in [-0.2, -0.15) is 5.10 Å². The molecule has 0 aromatic carbocycles. The van der Waals surface area contributed by atoms with Crippen molar-refractivity contribution in [1.29, 1.82) is 0 Å². The maximum absolute atomic E-state index is 11.3. The number of hydrogen-bond acceptors (Lipinski definition) is 3. The monoisotopic (exact) mass is 245 g/mol. The average molecular weight is 246 g/mol. The molecule has 0 bridgehead atoms. The van der Waals surface area contributed by atoms with Crippen LogP contribution in [-0.2, 0) is 16.1 Å². The normalized spacial score (nSPS) is 10.4. The van der Waals surface area contributed by atoms with Crippen molar-refractivity contribution in [2.24, 2.45) is 0 Å². The molecule has 1 rings (SSSR count). The van der Waals surface area contributed by atoms with Gasteiger partial charge in [-0.15, -0.1) is 0 Å². The molecule has 16 heavy (non-hydrogen) atoms. The third-order valence-corrected chi connectivity index (χ3v) is 2.45. The van der Waals surface area contributed by atoms with Gasteiger partial charge in [0.15, 0.2) is 0 Å². The van der Waals surface area contributed by atoms with Crippen LogP contribution < -0.4 is 5.32 Å². The number of rotatable bonds is 6. The lowest BCUT2D eigenvalue weighted by Gasteiger charge is -2.04. The molecule has 1 amide bonds. The second-order valence-corrected chi connectivity index (χ2v) is 3.83. The third kappa shape index (κ3) is 4.20. The van der Waals surface area contributed by atoms with Gasteiger partial charge in [0.2, 0.25) is 5.91 Å². The summed E-state index contributed by atoms with van der Waals surface area (Å²) in [5.74, 6) is -0.0127. The highest BCUT2D eigenvalue weighted by atomic mass is 35.5. The molecule has 0 unspecified atom stereocenters. The van der Waals surface area contributed by atoms with Gasteiger partial charge < -0.3 is 10.1 Å². The van der Waals surface area contributed by atoms with Gasteiger partial charge in [-0.3, -0.25) is 9.48 Å². The zero-order valence-electron chi connectivity index (χ0n) is 9.49. The molecule has 6 heteroatoms. The first-order chi connectivity index (χ1) is 7.63. The lowest BCUT2D eigenvalue weighted by molar-refractivity contribution is -0.121. The van der Waals surface area contributed by atoms with Crippen molar-refractivity contribution in [1.82, 2.24) is 15.1 Å². The molecule has 0 saturated carbocycles. The minimum atomic E-state index is -0.0127.